The lowest BCUT2D eigenvalue weighted by molar-refractivity contribution is 0.0526. The lowest BCUT2D eigenvalue weighted by Gasteiger charge is -2.06. The van der Waals surface area contributed by atoms with Crippen LogP contribution in [0.25, 0.3) is 0 Å². The van der Waals surface area contributed by atoms with Crippen LogP contribution in [0.15, 0.2) is 12.1 Å². The van der Waals surface area contributed by atoms with Gasteiger partial charge in [-0.1, -0.05) is 0 Å². The number of carbonyl (C=O) groups is 2. The van der Waals surface area contributed by atoms with Crippen molar-refractivity contribution in [3.63, 3.8) is 0 Å². The average Bonchev–Trinajstić information content (AvgIpc) is 2.28. The highest BCUT2D eigenvalue weighted by Gasteiger charge is 2.12. The van der Waals surface area contributed by atoms with Gasteiger partial charge < -0.3 is 4.74 Å². The number of nitriles is 1. The van der Waals surface area contributed by atoms with Crippen molar-refractivity contribution in [2.45, 2.75) is 13.8 Å². The van der Waals surface area contributed by atoms with E-state index in [1.807, 2.05) is 6.07 Å². The highest BCUT2D eigenvalue weighted by molar-refractivity contribution is 5.92. The molecular formula is C12H11NO3. The van der Waals surface area contributed by atoms with E-state index in [0.29, 0.717) is 23.0 Å². The van der Waals surface area contributed by atoms with Crippen LogP contribution in [0.4, 0.5) is 0 Å². The number of hydrogen-bond acceptors (Lipinski definition) is 4. The fourth-order valence-corrected chi connectivity index (χ4v) is 1.38. The molecule has 4 heteroatoms. The minimum absolute atomic E-state index is 0.193. The number of benzene rings is 1. The quantitative estimate of drug-likeness (QED) is 0.572. The molecular weight excluding hydrogens is 206 g/mol. The van der Waals surface area contributed by atoms with Gasteiger partial charge in [0.2, 0.25) is 0 Å². The van der Waals surface area contributed by atoms with Crippen molar-refractivity contribution in [1.82, 2.24) is 0 Å². The minimum Gasteiger partial charge on any atom is -0.462 e. The third kappa shape index (κ3) is 2.26. The Morgan fingerprint density at radius 3 is 2.75 bits per heavy atom. The summed E-state index contributed by atoms with van der Waals surface area (Å²) in [6.45, 7) is 3.65. The van der Waals surface area contributed by atoms with E-state index < -0.39 is 5.97 Å². The largest absolute Gasteiger partial charge is 0.462 e. The Morgan fingerprint density at radius 1 is 1.56 bits per heavy atom. The fourth-order valence-electron chi connectivity index (χ4n) is 1.38. The van der Waals surface area contributed by atoms with Crippen molar-refractivity contribution in [3.05, 3.63) is 34.4 Å². The molecule has 82 valence electrons. The molecule has 0 heterocycles. The second-order valence-corrected chi connectivity index (χ2v) is 3.20. The first kappa shape index (κ1) is 11.9. The normalized spacial score (nSPS) is 9.31. The Hall–Kier alpha value is -2.15. The van der Waals surface area contributed by atoms with Crippen molar-refractivity contribution in [3.8, 4) is 6.07 Å². The Bertz CT molecular complexity index is 472. The maximum atomic E-state index is 11.4. The molecule has 0 aromatic heterocycles. The van der Waals surface area contributed by atoms with Crippen LogP contribution < -0.4 is 0 Å². The molecule has 0 aliphatic carbocycles. The third-order valence-electron chi connectivity index (χ3n) is 2.14. The molecule has 1 aromatic carbocycles. The molecule has 0 atom stereocenters. The maximum absolute atomic E-state index is 11.4. The van der Waals surface area contributed by atoms with Crippen molar-refractivity contribution in [1.29, 1.82) is 5.26 Å². The Kier molecular flexibility index (Phi) is 3.78. The van der Waals surface area contributed by atoms with Crippen molar-refractivity contribution in [2.75, 3.05) is 6.61 Å². The van der Waals surface area contributed by atoms with Crippen molar-refractivity contribution in [2.24, 2.45) is 0 Å². The molecule has 16 heavy (non-hydrogen) atoms. The zero-order valence-electron chi connectivity index (χ0n) is 9.11. The molecule has 0 fully saturated rings. The monoisotopic (exact) mass is 217 g/mol. The molecule has 0 saturated heterocycles. The van der Waals surface area contributed by atoms with E-state index in [1.165, 1.54) is 6.07 Å². The summed E-state index contributed by atoms with van der Waals surface area (Å²) in [6, 6.07) is 4.80. The highest BCUT2D eigenvalue weighted by atomic mass is 16.5. The summed E-state index contributed by atoms with van der Waals surface area (Å²) >= 11 is 0. The zero-order valence-corrected chi connectivity index (χ0v) is 9.11. The molecule has 0 saturated carbocycles. The molecule has 0 radical (unpaired) electrons. The molecule has 0 aliphatic rings. The van der Waals surface area contributed by atoms with Gasteiger partial charge in [0.05, 0.1) is 23.8 Å². The number of nitrogens with zero attached hydrogens (tertiary/aromatic N) is 1. The average molecular weight is 217 g/mol. The van der Waals surface area contributed by atoms with Crippen LogP contribution in [0.5, 0.6) is 0 Å². The van der Waals surface area contributed by atoms with Crippen LogP contribution >= 0.6 is 0 Å². The van der Waals surface area contributed by atoms with Crippen LogP contribution in [0.2, 0.25) is 0 Å². The van der Waals surface area contributed by atoms with Crippen LogP contribution in [0.3, 0.4) is 0 Å². The van der Waals surface area contributed by atoms with E-state index in [9.17, 15) is 9.59 Å². The van der Waals surface area contributed by atoms with Gasteiger partial charge in [-0.3, -0.25) is 4.79 Å². The van der Waals surface area contributed by atoms with Gasteiger partial charge in [-0.25, -0.2) is 4.79 Å². The molecule has 0 spiro atoms. The number of rotatable bonds is 3. The highest BCUT2D eigenvalue weighted by Crippen LogP contribution is 2.15. The van der Waals surface area contributed by atoms with E-state index in [-0.39, 0.29) is 12.2 Å². The summed E-state index contributed by atoms with van der Waals surface area (Å²) in [5.74, 6) is -0.487. The molecule has 0 N–H and O–H groups in total. The molecule has 0 unspecified atom stereocenters. The maximum Gasteiger partial charge on any atom is 0.338 e. The Labute approximate surface area is 93.5 Å². The minimum atomic E-state index is -0.487. The molecule has 0 amide bonds. The van der Waals surface area contributed by atoms with E-state index >= 15 is 0 Å². The Morgan fingerprint density at radius 2 is 2.25 bits per heavy atom. The van der Waals surface area contributed by atoms with Gasteiger partial charge in [0, 0.05) is 5.56 Å². The summed E-state index contributed by atoms with van der Waals surface area (Å²) < 4.78 is 4.82. The molecule has 1 aromatic rings. The topological polar surface area (TPSA) is 67.2 Å². The first-order chi connectivity index (χ1) is 7.63. The first-order valence-corrected chi connectivity index (χ1v) is 4.81. The van der Waals surface area contributed by atoms with Gasteiger partial charge in [-0.2, -0.15) is 5.26 Å². The summed E-state index contributed by atoms with van der Waals surface area (Å²) in [4.78, 5) is 22.2. The van der Waals surface area contributed by atoms with Gasteiger partial charge in [-0.15, -0.1) is 0 Å². The van der Waals surface area contributed by atoms with Crippen molar-refractivity contribution < 1.29 is 14.3 Å². The molecule has 0 aliphatic heterocycles. The SMILES string of the molecule is CCOC(=O)c1cc(C)c(C=O)c(C#N)c1. The standard InChI is InChI=1S/C12H11NO3/c1-3-16-12(15)9-4-8(2)11(7-14)10(5-9)6-13/h4-5,7H,3H2,1-2H3. The second-order valence-electron chi connectivity index (χ2n) is 3.20. The molecule has 1 rings (SSSR count). The Balaban J connectivity index is 3.27. The summed E-state index contributed by atoms with van der Waals surface area (Å²) in [6.07, 6.45) is 0.614. The lowest BCUT2D eigenvalue weighted by Crippen LogP contribution is -2.07. The van der Waals surface area contributed by atoms with Gasteiger partial charge >= 0.3 is 5.97 Å². The van der Waals surface area contributed by atoms with Crippen LogP contribution in [0, 0.1) is 18.3 Å². The fraction of sp³-hybridized carbons (Fsp3) is 0.250. The third-order valence-corrected chi connectivity index (χ3v) is 2.14. The van der Waals surface area contributed by atoms with Gasteiger partial charge in [-0.05, 0) is 31.5 Å². The van der Waals surface area contributed by atoms with Crippen LogP contribution in [-0.4, -0.2) is 18.9 Å². The van der Waals surface area contributed by atoms with E-state index in [0.717, 1.165) is 0 Å². The number of carbonyl (C=O) groups excluding carboxylic acids is 2. The summed E-state index contributed by atoms with van der Waals surface area (Å²) in [7, 11) is 0. The van der Waals surface area contributed by atoms with Crippen LogP contribution in [0.1, 0.15) is 38.8 Å². The smallest absolute Gasteiger partial charge is 0.338 e. The summed E-state index contributed by atoms with van der Waals surface area (Å²) in [5, 5.41) is 8.85. The predicted molar refractivity (Wildman–Crippen MR) is 57.2 cm³/mol. The number of aryl methyl sites for hydroxylation is 1. The van der Waals surface area contributed by atoms with E-state index in [1.54, 1.807) is 19.9 Å². The first-order valence-electron chi connectivity index (χ1n) is 4.81. The molecule has 4 nitrogen and oxygen atoms in total. The van der Waals surface area contributed by atoms with Crippen molar-refractivity contribution >= 4 is 12.3 Å². The van der Waals surface area contributed by atoms with Gasteiger partial charge in [0.25, 0.3) is 0 Å². The summed E-state index contributed by atoms with van der Waals surface area (Å²) in [5.41, 5.74) is 1.40. The van der Waals surface area contributed by atoms with Gasteiger partial charge in [0.15, 0.2) is 6.29 Å². The van der Waals surface area contributed by atoms with Crippen LogP contribution in [-0.2, 0) is 4.74 Å². The predicted octanol–water partition coefficient (Wildman–Crippen LogP) is 1.86. The number of aldehydes is 1. The second kappa shape index (κ2) is 5.08. The molecule has 0 bridgehead atoms. The van der Waals surface area contributed by atoms with Gasteiger partial charge in [0.1, 0.15) is 0 Å². The lowest BCUT2D eigenvalue weighted by atomic mass is 10.00. The van der Waals surface area contributed by atoms with E-state index in [4.69, 9.17) is 10.00 Å². The zero-order chi connectivity index (χ0) is 12.1. The number of esters is 1. The number of hydrogen-bond donors (Lipinski definition) is 0. The van der Waals surface area contributed by atoms with E-state index in [2.05, 4.69) is 0 Å². The number of ether oxygens (including phenoxy) is 1.